The van der Waals surface area contributed by atoms with Crippen LogP contribution in [0.3, 0.4) is 0 Å². The molecule has 0 spiro atoms. The first-order valence-corrected chi connectivity index (χ1v) is 10.5. The lowest BCUT2D eigenvalue weighted by Gasteiger charge is -2.10. The highest BCUT2D eigenvalue weighted by Gasteiger charge is 2.11. The number of nitrogens with one attached hydrogen (secondary N) is 2. The first-order valence-electron chi connectivity index (χ1n) is 9.70. The molecule has 0 saturated heterocycles. The standard InChI is InChI=1S/C24H20ClN3O2S/c1-14-9-15(2)11-17(10-14)23(29)28-24(31)26-19-7-8-21-20(13-19)27-22(30-21)12-16-3-5-18(25)6-4-16/h3-11,13H,12H2,1-2H3,(H2,26,28,29,31). The van der Waals surface area contributed by atoms with Gasteiger partial charge in [-0.05, 0) is 74.1 Å². The predicted octanol–water partition coefficient (Wildman–Crippen LogP) is 5.82. The minimum atomic E-state index is -0.253. The molecule has 0 atom stereocenters. The fourth-order valence-electron chi connectivity index (χ4n) is 3.35. The summed E-state index contributed by atoms with van der Waals surface area (Å²) in [5.74, 6) is 0.359. The van der Waals surface area contributed by atoms with Gasteiger partial charge in [0.1, 0.15) is 5.52 Å². The quantitative estimate of drug-likeness (QED) is 0.384. The molecule has 0 unspecified atom stereocenters. The number of oxazole rings is 1. The van der Waals surface area contributed by atoms with Crippen LogP contribution in [-0.2, 0) is 6.42 Å². The molecule has 0 aliphatic carbocycles. The lowest BCUT2D eigenvalue weighted by atomic mass is 10.1. The Morgan fingerprint density at radius 1 is 1.03 bits per heavy atom. The molecule has 3 aromatic carbocycles. The van der Waals surface area contributed by atoms with E-state index in [0.29, 0.717) is 39.7 Å². The van der Waals surface area contributed by atoms with E-state index in [0.717, 1.165) is 16.7 Å². The van der Waals surface area contributed by atoms with Crippen LogP contribution in [0.4, 0.5) is 5.69 Å². The van der Waals surface area contributed by atoms with Crippen molar-refractivity contribution in [2.45, 2.75) is 20.3 Å². The second-order valence-electron chi connectivity index (χ2n) is 7.38. The molecule has 1 amide bonds. The summed E-state index contributed by atoms with van der Waals surface area (Å²) in [6.45, 7) is 3.91. The van der Waals surface area contributed by atoms with Crippen LogP contribution < -0.4 is 10.6 Å². The Labute approximate surface area is 190 Å². The number of anilines is 1. The van der Waals surface area contributed by atoms with Gasteiger partial charge in [0.25, 0.3) is 5.91 Å². The number of hydrogen-bond acceptors (Lipinski definition) is 4. The maximum Gasteiger partial charge on any atom is 0.257 e. The van der Waals surface area contributed by atoms with Gasteiger partial charge in [0.15, 0.2) is 16.6 Å². The normalized spacial score (nSPS) is 10.8. The summed E-state index contributed by atoms with van der Waals surface area (Å²) < 4.78 is 5.83. The number of benzene rings is 3. The van der Waals surface area contributed by atoms with Gasteiger partial charge in [-0.15, -0.1) is 0 Å². The number of nitrogens with zero attached hydrogens (tertiary/aromatic N) is 1. The number of halogens is 1. The average Bonchev–Trinajstić information content (AvgIpc) is 3.10. The zero-order valence-corrected chi connectivity index (χ0v) is 18.6. The molecule has 31 heavy (non-hydrogen) atoms. The van der Waals surface area contributed by atoms with E-state index in [1.165, 1.54) is 0 Å². The van der Waals surface area contributed by atoms with Gasteiger partial charge >= 0.3 is 0 Å². The van der Waals surface area contributed by atoms with Gasteiger partial charge in [-0.1, -0.05) is 40.9 Å². The number of aromatic nitrogens is 1. The molecule has 0 aliphatic rings. The van der Waals surface area contributed by atoms with Crippen molar-refractivity contribution < 1.29 is 9.21 Å². The largest absolute Gasteiger partial charge is 0.440 e. The maximum absolute atomic E-state index is 12.5. The van der Waals surface area contributed by atoms with Gasteiger partial charge in [0.2, 0.25) is 0 Å². The fourth-order valence-corrected chi connectivity index (χ4v) is 3.69. The molecule has 0 saturated carbocycles. The topological polar surface area (TPSA) is 67.2 Å². The van der Waals surface area contributed by atoms with E-state index in [1.54, 1.807) is 0 Å². The molecule has 7 heteroatoms. The summed E-state index contributed by atoms with van der Waals surface area (Å²) in [4.78, 5) is 17.0. The molecule has 0 radical (unpaired) electrons. The first-order chi connectivity index (χ1) is 14.9. The Kier molecular flexibility index (Phi) is 6.02. The van der Waals surface area contributed by atoms with E-state index in [2.05, 4.69) is 15.6 Å². The van der Waals surface area contributed by atoms with E-state index < -0.39 is 0 Å². The van der Waals surface area contributed by atoms with Gasteiger partial charge in [0, 0.05) is 22.7 Å². The molecule has 1 aromatic heterocycles. The van der Waals surface area contributed by atoms with E-state index in [4.69, 9.17) is 28.2 Å². The van der Waals surface area contributed by atoms with Crippen molar-refractivity contribution in [1.82, 2.24) is 10.3 Å². The van der Waals surface area contributed by atoms with Gasteiger partial charge in [-0.3, -0.25) is 10.1 Å². The third kappa shape index (κ3) is 5.29. The summed E-state index contributed by atoms with van der Waals surface area (Å²) in [5.41, 5.74) is 5.77. The molecule has 4 rings (SSSR count). The van der Waals surface area contributed by atoms with Crippen LogP contribution in [0.2, 0.25) is 5.02 Å². The number of fused-ring (bicyclic) bond motifs is 1. The van der Waals surface area contributed by atoms with Crippen LogP contribution in [0.15, 0.2) is 65.1 Å². The number of carbonyl (C=O) groups excluding carboxylic acids is 1. The average molecular weight is 450 g/mol. The van der Waals surface area contributed by atoms with Crippen LogP contribution in [0.25, 0.3) is 11.1 Å². The molecular formula is C24H20ClN3O2S. The van der Waals surface area contributed by atoms with Crippen molar-refractivity contribution in [3.63, 3.8) is 0 Å². The minimum Gasteiger partial charge on any atom is -0.440 e. The third-order valence-electron chi connectivity index (χ3n) is 4.67. The molecule has 1 heterocycles. The van der Waals surface area contributed by atoms with E-state index in [9.17, 15) is 4.79 Å². The van der Waals surface area contributed by atoms with Crippen LogP contribution in [-0.4, -0.2) is 16.0 Å². The lowest BCUT2D eigenvalue weighted by molar-refractivity contribution is 0.0977. The number of hydrogen-bond donors (Lipinski definition) is 2. The molecule has 156 valence electrons. The summed E-state index contributed by atoms with van der Waals surface area (Å²) in [6, 6.07) is 18.7. The van der Waals surface area contributed by atoms with Crippen molar-refractivity contribution in [2.24, 2.45) is 0 Å². The van der Waals surface area contributed by atoms with Crippen molar-refractivity contribution in [3.8, 4) is 0 Å². The van der Waals surface area contributed by atoms with Crippen molar-refractivity contribution >= 4 is 51.6 Å². The van der Waals surface area contributed by atoms with Crippen LogP contribution in [0.5, 0.6) is 0 Å². The minimum absolute atomic E-state index is 0.216. The highest BCUT2D eigenvalue weighted by molar-refractivity contribution is 7.80. The number of thiocarbonyl (C=S) groups is 1. The Morgan fingerprint density at radius 2 is 1.74 bits per heavy atom. The van der Waals surface area contributed by atoms with Crippen molar-refractivity contribution in [1.29, 1.82) is 0 Å². The molecule has 0 aliphatic heterocycles. The molecule has 4 aromatic rings. The fraction of sp³-hybridized carbons (Fsp3) is 0.125. The van der Waals surface area contributed by atoms with E-state index in [1.807, 2.05) is 74.5 Å². The summed E-state index contributed by atoms with van der Waals surface area (Å²) >= 11 is 11.2. The Bertz CT molecular complexity index is 1260. The van der Waals surface area contributed by atoms with Gasteiger partial charge in [-0.2, -0.15) is 0 Å². The first kappa shape index (κ1) is 21.0. The number of aryl methyl sites for hydroxylation is 2. The molecular weight excluding hydrogens is 430 g/mol. The molecule has 0 fully saturated rings. The SMILES string of the molecule is Cc1cc(C)cc(C(=O)NC(=S)Nc2ccc3oc(Cc4ccc(Cl)cc4)nc3c2)c1. The molecule has 0 bridgehead atoms. The number of carbonyl (C=O) groups is 1. The van der Waals surface area contributed by atoms with Gasteiger partial charge in [-0.25, -0.2) is 4.98 Å². The maximum atomic E-state index is 12.5. The summed E-state index contributed by atoms with van der Waals surface area (Å²) in [7, 11) is 0. The van der Waals surface area contributed by atoms with Gasteiger partial charge < -0.3 is 9.73 Å². The summed E-state index contributed by atoms with van der Waals surface area (Å²) in [5, 5.41) is 6.66. The van der Waals surface area contributed by atoms with Crippen molar-refractivity contribution in [2.75, 3.05) is 5.32 Å². The third-order valence-corrected chi connectivity index (χ3v) is 5.13. The van der Waals surface area contributed by atoms with Crippen molar-refractivity contribution in [3.05, 3.63) is 93.8 Å². The van der Waals surface area contributed by atoms with E-state index >= 15 is 0 Å². The lowest BCUT2D eigenvalue weighted by Crippen LogP contribution is -2.34. The predicted molar refractivity (Wildman–Crippen MR) is 128 cm³/mol. The Hall–Kier alpha value is -3.22. The Balaban J connectivity index is 1.43. The second-order valence-corrected chi connectivity index (χ2v) is 8.22. The zero-order chi connectivity index (χ0) is 22.0. The number of rotatable bonds is 4. The molecule has 5 nitrogen and oxygen atoms in total. The van der Waals surface area contributed by atoms with Crippen LogP contribution in [0.1, 0.15) is 32.9 Å². The monoisotopic (exact) mass is 449 g/mol. The summed E-state index contributed by atoms with van der Waals surface area (Å²) in [6.07, 6.45) is 0.568. The van der Waals surface area contributed by atoms with Crippen LogP contribution in [0, 0.1) is 13.8 Å². The highest BCUT2D eigenvalue weighted by atomic mass is 35.5. The highest BCUT2D eigenvalue weighted by Crippen LogP contribution is 2.22. The zero-order valence-electron chi connectivity index (χ0n) is 17.0. The smallest absolute Gasteiger partial charge is 0.257 e. The van der Waals surface area contributed by atoms with E-state index in [-0.39, 0.29) is 11.0 Å². The van der Waals surface area contributed by atoms with Gasteiger partial charge in [0.05, 0.1) is 0 Å². The number of amides is 1. The molecule has 2 N–H and O–H groups in total. The second kappa shape index (κ2) is 8.88. The Morgan fingerprint density at radius 3 is 2.45 bits per heavy atom. The van der Waals surface area contributed by atoms with Crippen LogP contribution >= 0.6 is 23.8 Å².